The number of hydrogen-bond donors (Lipinski definition) is 0. The molecule has 1 saturated heterocycles. The van der Waals surface area contributed by atoms with Gasteiger partial charge in [0.25, 0.3) is 5.91 Å². The normalized spacial score (nSPS) is 17.4. The maximum absolute atomic E-state index is 12.6. The van der Waals surface area contributed by atoms with E-state index in [1.807, 2.05) is 48.2 Å². The van der Waals surface area contributed by atoms with Gasteiger partial charge in [0.1, 0.15) is 5.75 Å². The van der Waals surface area contributed by atoms with E-state index in [4.69, 9.17) is 9.72 Å². The summed E-state index contributed by atoms with van der Waals surface area (Å²) in [7, 11) is 0. The van der Waals surface area contributed by atoms with Crippen LogP contribution < -0.4 is 4.74 Å². The highest BCUT2D eigenvalue weighted by Crippen LogP contribution is 2.33. The van der Waals surface area contributed by atoms with E-state index in [9.17, 15) is 4.79 Å². The predicted octanol–water partition coefficient (Wildman–Crippen LogP) is 4.39. The predicted molar refractivity (Wildman–Crippen MR) is 105 cm³/mol. The van der Waals surface area contributed by atoms with Crippen LogP contribution in [-0.2, 0) is 4.79 Å². The lowest BCUT2D eigenvalue weighted by Crippen LogP contribution is -2.41. The molecule has 0 bridgehead atoms. The molecule has 134 valence electrons. The Morgan fingerprint density at radius 2 is 2.15 bits per heavy atom. The van der Waals surface area contributed by atoms with Crippen molar-refractivity contribution < 1.29 is 9.53 Å². The second-order valence-electron chi connectivity index (χ2n) is 6.80. The molecule has 1 aliphatic heterocycles. The molecule has 1 amide bonds. The molecule has 4 nitrogen and oxygen atoms in total. The molecule has 0 spiro atoms. The van der Waals surface area contributed by atoms with Crippen LogP contribution in [0.25, 0.3) is 10.2 Å². The van der Waals surface area contributed by atoms with Crippen molar-refractivity contribution >= 4 is 27.5 Å². The van der Waals surface area contributed by atoms with E-state index in [0.717, 1.165) is 47.8 Å². The van der Waals surface area contributed by atoms with Crippen LogP contribution in [0.1, 0.15) is 29.3 Å². The van der Waals surface area contributed by atoms with E-state index < -0.39 is 0 Å². The number of piperidine rings is 1. The van der Waals surface area contributed by atoms with Crippen LogP contribution in [0, 0.1) is 6.92 Å². The van der Waals surface area contributed by atoms with E-state index in [1.54, 1.807) is 11.3 Å². The molecule has 26 heavy (non-hydrogen) atoms. The molecule has 3 aromatic rings. The number of carbonyl (C=O) groups excluding carboxylic acids is 1. The van der Waals surface area contributed by atoms with Crippen LogP contribution in [-0.4, -0.2) is 35.5 Å². The van der Waals surface area contributed by atoms with Crippen molar-refractivity contribution in [2.24, 2.45) is 0 Å². The second kappa shape index (κ2) is 7.46. The van der Waals surface area contributed by atoms with E-state index in [2.05, 4.69) is 12.1 Å². The van der Waals surface area contributed by atoms with Crippen LogP contribution in [0.5, 0.6) is 5.75 Å². The minimum Gasteiger partial charge on any atom is -0.484 e. The molecular weight excluding hydrogens is 344 g/mol. The number of aryl methyl sites for hydroxylation is 1. The Bertz CT molecular complexity index is 888. The van der Waals surface area contributed by atoms with Crippen molar-refractivity contribution in [3.63, 3.8) is 0 Å². The summed E-state index contributed by atoms with van der Waals surface area (Å²) >= 11 is 1.75. The number of thiazole rings is 1. The maximum Gasteiger partial charge on any atom is 0.260 e. The van der Waals surface area contributed by atoms with Gasteiger partial charge in [-0.1, -0.05) is 24.3 Å². The number of carbonyl (C=O) groups is 1. The van der Waals surface area contributed by atoms with Gasteiger partial charge in [-0.15, -0.1) is 11.3 Å². The van der Waals surface area contributed by atoms with Gasteiger partial charge in [0, 0.05) is 19.0 Å². The Labute approximate surface area is 157 Å². The lowest BCUT2D eigenvalue weighted by Gasteiger charge is -2.31. The molecular formula is C21H22N2O2S. The van der Waals surface area contributed by atoms with Crippen molar-refractivity contribution in [2.45, 2.75) is 25.7 Å². The van der Waals surface area contributed by atoms with Crippen LogP contribution in [0.15, 0.2) is 48.5 Å². The Hall–Kier alpha value is -2.40. The number of likely N-dealkylation sites (tertiary alicyclic amines) is 1. The molecule has 5 heteroatoms. The van der Waals surface area contributed by atoms with Gasteiger partial charge in [0.2, 0.25) is 0 Å². The summed E-state index contributed by atoms with van der Waals surface area (Å²) in [6.07, 6.45) is 2.10. The molecule has 2 aromatic carbocycles. The van der Waals surface area contributed by atoms with E-state index in [0.29, 0.717) is 5.92 Å². The monoisotopic (exact) mass is 366 g/mol. The molecule has 2 heterocycles. The number of nitrogens with zero attached hydrogens (tertiary/aromatic N) is 2. The van der Waals surface area contributed by atoms with Crippen LogP contribution in [0.4, 0.5) is 0 Å². The number of amides is 1. The van der Waals surface area contributed by atoms with Crippen molar-refractivity contribution in [1.29, 1.82) is 0 Å². The Morgan fingerprint density at radius 1 is 1.27 bits per heavy atom. The third-order valence-corrected chi connectivity index (χ3v) is 5.98. The summed E-state index contributed by atoms with van der Waals surface area (Å²) in [4.78, 5) is 19.3. The minimum absolute atomic E-state index is 0.0531. The van der Waals surface area contributed by atoms with Crippen LogP contribution in [0.3, 0.4) is 0 Å². The number of para-hydroxylation sites is 1. The summed E-state index contributed by atoms with van der Waals surface area (Å²) in [5.41, 5.74) is 2.18. The number of ether oxygens (including phenoxy) is 1. The van der Waals surface area contributed by atoms with Gasteiger partial charge < -0.3 is 9.64 Å². The Balaban J connectivity index is 1.40. The number of benzene rings is 2. The molecule has 4 rings (SSSR count). The zero-order valence-electron chi connectivity index (χ0n) is 14.9. The molecule has 1 atom stereocenters. The van der Waals surface area contributed by atoms with Crippen molar-refractivity contribution in [2.75, 3.05) is 19.7 Å². The highest BCUT2D eigenvalue weighted by atomic mass is 32.1. The third-order valence-electron chi connectivity index (χ3n) is 4.79. The number of rotatable bonds is 4. The molecule has 0 aliphatic carbocycles. The summed E-state index contributed by atoms with van der Waals surface area (Å²) in [6.45, 7) is 3.64. The van der Waals surface area contributed by atoms with Crippen LogP contribution >= 0.6 is 11.3 Å². The summed E-state index contributed by atoms with van der Waals surface area (Å²) in [6, 6.07) is 16.0. The van der Waals surface area contributed by atoms with Gasteiger partial charge in [-0.2, -0.15) is 0 Å². The molecule has 0 N–H and O–H groups in total. The SMILES string of the molecule is Cc1cccc(OCC(=O)N2CCC[C@@H](c3nc4ccccc4s3)C2)c1. The molecule has 1 fully saturated rings. The van der Waals surface area contributed by atoms with Gasteiger partial charge in [0.15, 0.2) is 6.61 Å². The topological polar surface area (TPSA) is 42.4 Å². The second-order valence-corrected chi connectivity index (χ2v) is 7.87. The zero-order valence-corrected chi connectivity index (χ0v) is 15.7. The van der Waals surface area contributed by atoms with Gasteiger partial charge in [-0.25, -0.2) is 4.98 Å². The average Bonchev–Trinajstić information content (AvgIpc) is 3.10. The summed E-state index contributed by atoms with van der Waals surface area (Å²) in [5.74, 6) is 1.12. The highest BCUT2D eigenvalue weighted by molar-refractivity contribution is 7.18. The van der Waals surface area contributed by atoms with E-state index in [-0.39, 0.29) is 12.5 Å². The fraction of sp³-hybridized carbons (Fsp3) is 0.333. The molecule has 1 aliphatic rings. The highest BCUT2D eigenvalue weighted by Gasteiger charge is 2.27. The van der Waals surface area contributed by atoms with Crippen LogP contribution in [0.2, 0.25) is 0 Å². The number of aromatic nitrogens is 1. The van der Waals surface area contributed by atoms with Crippen molar-refractivity contribution in [3.05, 3.63) is 59.1 Å². The first kappa shape index (κ1) is 17.0. The number of hydrogen-bond acceptors (Lipinski definition) is 4. The van der Waals surface area contributed by atoms with Crippen molar-refractivity contribution in [1.82, 2.24) is 9.88 Å². The smallest absolute Gasteiger partial charge is 0.260 e. The number of fused-ring (bicyclic) bond motifs is 1. The fourth-order valence-electron chi connectivity index (χ4n) is 3.41. The lowest BCUT2D eigenvalue weighted by atomic mass is 9.99. The first-order valence-corrected chi connectivity index (χ1v) is 9.83. The minimum atomic E-state index is 0.0531. The van der Waals surface area contributed by atoms with E-state index >= 15 is 0 Å². The largest absolute Gasteiger partial charge is 0.484 e. The fourth-order valence-corrected chi connectivity index (χ4v) is 4.50. The van der Waals surface area contributed by atoms with Crippen molar-refractivity contribution in [3.8, 4) is 5.75 Å². The quantitative estimate of drug-likeness (QED) is 0.688. The summed E-state index contributed by atoms with van der Waals surface area (Å²) < 4.78 is 6.90. The third kappa shape index (κ3) is 3.73. The molecule has 0 unspecified atom stereocenters. The maximum atomic E-state index is 12.6. The molecule has 0 saturated carbocycles. The standard InChI is InChI=1S/C21H22N2O2S/c1-15-6-4-8-17(12-15)25-14-20(24)23-11-5-7-16(13-23)21-22-18-9-2-3-10-19(18)26-21/h2-4,6,8-10,12,16H,5,7,11,13-14H2,1H3/t16-/m1/s1. The Kier molecular flexibility index (Phi) is 4.89. The van der Waals surface area contributed by atoms with Gasteiger partial charge >= 0.3 is 0 Å². The Morgan fingerprint density at radius 3 is 3.00 bits per heavy atom. The molecule has 1 aromatic heterocycles. The zero-order chi connectivity index (χ0) is 17.9. The average molecular weight is 366 g/mol. The van der Waals surface area contributed by atoms with E-state index in [1.165, 1.54) is 4.70 Å². The first-order chi connectivity index (χ1) is 12.7. The van der Waals surface area contributed by atoms with Gasteiger partial charge in [0.05, 0.1) is 15.2 Å². The first-order valence-electron chi connectivity index (χ1n) is 9.02. The lowest BCUT2D eigenvalue weighted by molar-refractivity contribution is -0.134. The van der Waals surface area contributed by atoms with Gasteiger partial charge in [-0.05, 0) is 49.6 Å². The van der Waals surface area contributed by atoms with Gasteiger partial charge in [-0.3, -0.25) is 4.79 Å². The summed E-state index contributed by atoms with van der Waals surface area (Å²) in [5, 5.41) is 1.14. The molecule has 0 radical (unpaired) electrons.